The number of hydrogen-bond donors (Lipinski definition) is 1. The summed E-state index contributed by atoms with van der Waals surface area (Å²) in [4.78, 5) is 12.1. The summed E-state index contributed by atoms with van der Waals surface area (Å²) in [6.45, 7) is 6.51. The molecule has 1 atom stereocenters. The van der Waals surface area contributed by atoms with E-state index in [0.717, 1.165) is 24.3 Å². The van der Waals surface area contributed by atoms with Gasteiger partial charge in [-0.15, -0.1) is 0 Å². The summed E-state index contributed by atoms with van der Waals surface area (Å²) in [6.07, 6.45) is 4.74. The van der Waals surface area contributed by atoms with Gasteiger partial charge in [-0.2, -0.15) is 0 Å². The van der Waals surface area contributed by atoms with E-state index in [4.69, 9.17) is 9.47 Å². The average Bonchev–Trinajstić information content (AvgIpc) is 2.67. The summed E-state index contributed by atoms with van der Waals surface area (Å²) in [5, 5.41) is 2.92. The highest BCUT2D eigenvalue weighted by atomic mass is 16.5. The molecular formula is C23H29NO3. The normalized spacial score (nSPS) is 14.2. The number of nitrogens with one attached hydrogen (secondary N) is 1. The fraction of sp³-hybridized carbons (Fsp3) is 0.435. The zero-order chi connectivity index (χ0) is 19.2. The van der Waals surface area contributed by atoms with Crippen molar-refractivity contribution in [3.8, 4) is 11.5 Å². The number of ether oxygens (including phenoxy) is 2. The van der Waals surface area contributed by atoms with E-state index < -0.39 is 0 Å². The van der Waals surface area contributed by atoms with E-state index >= 15 is 0 Å². The van der Waals surface area contributed by atoms with Crippen molar-refractivity contribution in [3.05, 3.63) is 58.7 Å². The molecule has 144 valence electrons. The molecular weight excluding hydrogens is 338 g/mol. The molecule has 1 N–H and O–H groups in total. The third-order valence-electron chi connectivity index (χ3n) is 5.08. The first-order chi connectivity index (χ1) is 13.0. The Morgan fingerprint density at radius 1 is 0.963 bits per heavy atom. The van der Waals surface area contributed by atoms with Gasteiger partial charge in [-0.3, -0.25) is 4.79 Å². The van der Waals surface area contributed by atoms with Crippen molar-refractivity contribution in [1.29, 1.82) is 0 Å². The van der Waals surface area contributed by atoms with E-state index in [9.17, 15) is 4.79 Å². The second kappa shape index (κ2) is 8.94. The van der Waals surface area contributed by atoms with Crippen LogP contribution in [0.2, 0.25) is 0 Å². The van der Waals surface area contributed by atoms with Crippen molar-refractivity contribution in [3.63, 3.8) is 0 Å². The largest absolute Gasteiger partial charge is 0.491 e. The molecule has 0 fully saturated rings. The molecule has 2 aromatic carbocycles. The number of carbonyl (C=O) groups is 1. The summed E-state index contributed by atoms with van der Waals surface area (Å²) >= 11 is 0. The Bertz CT molecular complexity index is 800. The molecule has 0 saturated carbocycles. The summed E-state index contributed by atoms with van der Waals surface area (Å²) < 4.78 is 11.4. The van der Waals surface area contributed by atoms with Crippen molar-refractivity contribution in [1.82, 2.24) is 5.32 Å². The van der Waals surface area contributed by atoms with Crippen molar-refractivity contribution in [2.45, 2.75) is 52.5 Å². The van der Waals surface area contributed by atoms with Gasteiger partial charge in [-0.05, 0) is 93.0 Å². The Morgan fingerprint density at radius 3 is 2.44 bits per heavy atom. The lowest BCUT2D eigenvalue weighted by molar-refractivity contribution is -0.123. The molecule has 0 unspecified atom stereocenters. The molecule has 2 aromatic rings. The van der Waals surface area contributed by atoms with Crippen molar-refractivity contribution >= 4 is 5.91 Å². The summed E-state index contributed by atoms with van der Waals surface area (Å²) in [5.74, 6) is 1.46. The first-order valence-electron chi connectivity index (χ1n) is 9.75. The number of rotatable bonds is 7. The van der Waals surface area contributed by atoms with Gasteiger partial charge in [-0.1, -0.05) is 12.1 Å². The van der Waals surface area contributed by atoms with Gasteiger partial charge in [0.1, 0.15) is 18.1 Å². The van der Waals surface area contributed by atoms with Crippen LogP contribution in [0.5, 0.6) is 11.5 Å². The quantitative estimate of drug-likeness (QED) is 0.800. The molecule has 0 radical (unpaired) electrons. The lowest BCUT2D eigenvalue weighted by Crippen LogP contribution is -2.39. The topological polar surface area (TPSA) is 47.6 Å². The van der Waals surface area contributed by atoms with Gasteiger partial charge in [0.2, 0.25) is 0 Å². The van der Waals surface area contributed by atoms with Crippen LogP contribution in [0.3, 0.4) is 0 Å². The molecule has 1 aliphatic rings. The van der Waals surface area contributed by atoms with Crippen molar-refractivity contribution in [2.75, 3.05) is 13.2 Å². The van der Waals surface area contributed by atoms with Crippen molar-refractivity contribution in [2.24, 2.45) is 0 Å². The maximum atomic E-state index is 12.1. The standard InChI is InChI=1S/C23H29NO3/c1-16-8-10-21(12-17(16)2)26-14-18(3)24-23(25)15-27-22-11-9-19-6-4-5-7-20(19)13-22/h8-13,18H,4-7,14-15H2,1-3H3,(H,24,25)/t18-/m0/s1. The molecule has 4 heteroatoms. The second-order valence-corrected chi connectivity index (χ2v) is 7.45. The third-order valence-corrected chi connectivity index (χ3v) is 5.08. The Balaban J connectivity index is 1.42. The third kappa shape index (κ3) is 5.49. The fourth-order valence-electron chi connectivity index (χ4n) is 3.33. The minimum Gasteiger partial charge on any atom is -0.491 e. The van der Waals surface area contributed by atoms with E-state index in [-0.39, 0.29) is 18.6 Å². The van der Waals surface area contributed by atoms with Gasteiger partial charge in [0.05, 0.1) is 6.04 Å². The van der Waals surface area contributed by atoms with E-state index in [0.29, 0.717) is 6.61 Å². The zero-order valence-corrected chi connectivity index (χ0v) is 16.5. The summed E-state index contributed by atoms with van der Waals surface area (Å²) in [5.41, 5.74) is 5.20. The molecule has 1 amide bonds. The van der Waals surface area contributed by atoms with Gasteiger partial charge < -0.3 is 14.8 Å². The molecule has 0 saturated heterocycles. The molecule has 0 spiro atoms. The predicted octanol–water partition coefficient (Wildman–Crippen LogP) is 4.14. The molecule has 0 bridgehead atoms. The SMILES string of the molecule is Cc1ccc(OC[C@H](C)NC(=O)COc2ccc3c(c2)CCCC3)cc1C. The minimum atomic E-state index is -0.135. The van der Waals surface area contributed by atoms with Crippen LogP contribution in [0, 0.1) is 13.8 Å². The van der Waals surface area contributed by atoms with Crippen LogP contribution in [-0.4, -0.2) is 25.2 Å². The van der Waals surface area contributed by atoms with E-state index in [1.54, 1.807) is 0 Å². The smallest absolute Gasteiger partial charge is 0.258 e. The molecule has 0 aliphatic heterocycles. The molecule has 27 heavy (non-hydrogen) atoms. The van der Waals surface area contributed by atoms with Gasteiger partial charge in [0.15, 0.2) is 6.61 Å². The van der Waals surface area contributed by atoms with Gasteiger partial charge in [0.25, 0.3) is 5.91 Å². The first-order valence-corrected chi connectivity index (χ1v) is 9.75. The van der Waals surface area contributed by atoms with Crippen molar-refractivity contribution < 1.29 is 14.3 Å². The highest BCUT2D eigenvalue weighted by Gasteiger charge is 2.12. The van der Waals surface area contributed by atoms with Crippen LogP contribution >= 0.6 is 0 Å². The lowest BCUT2D eigenvalue weighted by Gasteiger charge is -2.18. The van der Waals surface area contributed by atoms with Gasteiger partial charge in [0, 0.05) is 0 Å². The van der Waals surface area contributed by atoms with Gasteiger partial charge in [-0.25, -0.2) is 0 Å². The molecule has 0 aromatic heterocycles. The average molecular weight is 367 g/mol. The predicted molar refractivity (Wildman–Crippen MR) is 108 cm³/mol. The number of benzene rings is 2. The zero-order valence-electron chi connectivity index (χ0n) is 16.5. The first kappa shape index (κ1) is 19.3. The Kier molecular flexibility index (Phi) is 6.38. The Morgan fingerprint density at radius 2 is 1.67 bits per heavy atom. The van der Waals surface area contributed by atoms with Crippen LogP contribution < -0.4 is 14.8 Å². The summed E-state index contributed by atoms with van der Waals surface area (Å²) in [7, 11) is 0. The summed E-state index contributed by atoms with van der Waals surface area (Å²) in [6, 6.07) is 12.1. The van der Waals surface area contributed by atoms with Crippen LogP contribution in [0.25, 0.3) is 0 Å². The molecule has 1 aliphatic carbocycles. The lowest BCUT2D eigenvalue weighted by atomic mass is 9.92. The Hall–Kier alpha value is -2.49. The van der Waals surface area contributed by atoms with E-state index in [1.165, 1.54) is 35.1 Å². The van der Waals surface area contributed by atoms with Crippen LogP contribution in [0.4, 0.5) is 0 Å². The number of amides is 1. The number of fused-ring (bicyclic) bond motifs is 1. The minimum absolute atomic E-state index is 0.0206. The second-order valence-electron chi connectivity index (χ2n) is 7.45. The van der Waals surface area contributed by atoms with Crippen LogP contribution in [0.1, 0.15) is 42.0 Å². The fourth-order valence-corrected chi connectivity index (χ4v) is 3.33. The Labute approximate surface area is 161 Å². The molecule has 4 nitrogen and oxygen atoms in total. The van der Waals surface area contributed by atoms with E-state index in [2.05, 4.69) is 31.3 Å². The number of carbonyl (C=O) groups excluding carboxylic acids is 1. The maximum absolute atomic E-state index is 12.1. The van der Waals surface area contributed by atoms with E-state index in [1.807, 2.05) is 31.2 Å². The number of aryl methyl sites for hydroxylation is 4. The van der Waals surface area contributed by atoms with Crippen LogP contribution in [0.15, 0.2) is 36.4 Å². The number of hydrogen-bond acceptors (Lipinski definition) is 3. The maximum Gasteiger partial charge on any atom is 0.258 e. The molecule has 3 rings (SSSR count). The van der Waals surface area contributed by atoms with Crippen LogP contribution in [-0.2, 0) is 17.6 Å². The monoisotopic (exact) mass is 367 g/mol. The van der Waals surface area contributed by atoms with Gasteiger partial charge >= 0.3 is 0 Å². The highest BCUT2D eigenvalue weighted by Crippen LogP contribution is 2.25. The highest BCUT2D eigenvalue weighted by molar-refractivity contribution is 5.77. The molecule has 0 heterocycles.